The highest BCUT2D eigenvalue weighted by Gasteiger charge is 2.28. The highest BCUT2D eigenvalue weighted by Crippen LogP contribution is 2.23. The van der Waals surface area contributed by atoms with Gasteiger partial charge in [-0.1, -0.05) is 0 Å². The largest absolute Gasteiger partial charge is 0.442 e. The van der Waals surface area contributed by atoms with Crippen LogP contribution in [-0.4, -0.2) is 72.2 Å². The molecule has 2 aromatic heterocycles. The summed E-state index contributed by atoms with van der Waals surface area (Å²) in [4.78, 5) is 33.8. The first-order valence-corrected chi connectivity index (χ1v) is 7.98. The Bertz CT molecular complexity index is 802. The maximum Gasteiger partial charge on any atom is 0.265 e. The molecule has 0 N–H and O–H groups in total. The van der Waals surface area contributed by atoms with E-state index in [1.54, 1.807) is 18.9 Å². The SMILES string of the molecule is COCCn1cnc2oc(C)c(C(=O)N3CCN(C)CC3)c2c1=O. The maximum atomic E-state index is 12.9. The van der Waals surface area contributed by atoms with Gasteiger partial charge in [0, 0.05) is 33.3 Å². The quantitative estimate of drug-likeness (QED) is 0.802. The summed E-state index contributed by atoms with van der Waals surface area (Å²) >= 11 is 0. The number of aromatic nitrogens is 2. The molecule has 1 aliphatic rings. The van der Waals surface area contributed by atoms with Crippen LogP contribution in [-0.2, 0) is 11.3 Å². The molecule has 0 aromatic carbocycles. The number of amides is 1. The van der Waals surface area contributed by atoms with Crippen LogP contribution < -0.4 is 5.56 Å². The lowest BCUT2D eigenvalue weighted by atomic mass is 10.1. The number of carbonyl (C=O) groups excluding carboxylic acids is 1. The molecule has 1 amide bonds. The van der Waals surface area contributed by atoms with Crippen LogP contribution in [0.1, 0.15) is 16.1 Å². The minimum Gasteiger partial charge on any atom is -0.442 e. The van der Waals surface area contributed by atoms with Gasteiger partial charge in [-0.05, 0) is 14.0 Å². The second kappa shape index (κ2) is 6.74. The molecule has 0 bridgehead atoms. The number of nitrogens with zero attached hydrogens (tertiary/aromatic N) is 4. The van der Waals surface area contributed by atoms with E-state index in [1.165, 1.54) is 10.9 Å². The third-order valence-corrected chi connectivity index (χ3v) is 4.40. The number of likely N-dealkylation sites (N-methyl/N-ethyl adjacent to an activating group) is 1. The molecule has 24 heavy (non-hydrogen) atoms. The number of piperazine rings is 1. The van der Waals surface area contributed by atoms with Crippen molar-refractivity contribution in [2.45, 2.75) is 13.5 Å². The smallest absolute Gasteiger partial charge is 0.265 e. The molecule has 1 fully saturated rings. The highest BCUT2D eigenvalue weighted by molar-refractivity contribution is 6.06. The van der Waals surface area contributed by atoms with Crippen molar-refractivity contribution < 1.29 is 13.9 Å². The van der Waals surface area contributed by atoms with Crippen LogP contribution in [0.3, 0.4) is 0 Å². The average molecular weight is 334 g/mol. The summed E-state index contributed by atoms with van der Waals surface area (Å²) in [7, 11) is 3.60. The Hall–Kier alpha value is -2.19. The molecule has 0 saturated carbocycles. The van der Waals surface area contributed by atoms with Gasteiger partial charge in [-0.15, -0.1) is 0 Å². The zero-order valence-corrected chi connectivity index (χ0v) is 14.2. The molecule has 0 unspecified atom stereocenters. The van der Waals surface area contributed by atoms with Crippen molar-refractivity contribution >= 4 is 17.0 Å². The number of ether oxygens (including phenoxy) is 1. The molecule has 3 heterocycles. The summed E-state index contributed by atoms with van der Waals surface area (Å²) in [5, 5.41) is 0.259. The Morgan fingerprint density at radius 2 is 2.04 bits per heavy atom. The van der Waals surface area contributed by atoms with E-state index in [0.29, 0.717) is 37.6 Å². The first kappa shape index (κ1) is 16.7. The fourth-order valence-electron chi connectivity index (χ4n) is 2.91. The van der Waals surface area contributed by atoms with Crippen LogP contribution in [0.15, 0.2) is 15.5 Å². The lowest BCUT2D eigenvalue weighted by molar-refractivity contribution is 0.0664. The van der Waals surface area contributed by atoms with Crippen molar-refractivity contribution in [3.05, 3.63) is 28.0 Å². The third kappa shape index (κ3) is 2.94. The summed E-state index contributed by atoms with van der Waals surface area (Å²) in [6.45, 7) is 5.38. The number of carbonyl (C=O) groups is 1. The van der Waals surface area contributed by atoms with E-state index in [0.717, 1.165) is 13.1 Å². The summed E-state index contributed by atoms with van der Waals surface area (Å²) < 4.78 is 12.0. The monoisotopic (exact) mass is 334 g/mol. The summed E-state index contributed by atoms with van der Waals surface area (Å²) in [5.74, 6) is 0.269. The van der Waals surface area contributed by atoms with Crippen LogP contribution in [0, 0.1) is 6.92 Å². The summed E-state index contributed by atoms with van der Waals surface area (Å²) in [6.07, 6.45) is 1.43. The van der Waals surface area contributed by atoms with Gasteiger partial charge in [0.15, 0.2) is 0 Å². The molecule has 1 saturated heterocycles. The van der Waals surface area contributed by atoms with Gasteiger partial charge < -0.3 is 19.0 Å². The van der Waals surface area contributed by atoms with Gasteiger partial charge in [-0.3, -0.25) is 14.2 Å². The molecular weight excluding hydrogens is 312 g/mol. The Balaban J connectivity index is 2.02. The van der Waals surface area contributed by atoms with Crippen LogP contribution in [0.5, 0.6) is 0 Å². The van der Waals surface area contributed by atoms with Crippen molar-refractivity contribution in [1.82, 2.24) is 19.4 Å². The minimum absolute atomic E-state index is 0.164. The Kier molecular flexibility index (Phi) is 4.68. The summed E-state index contributed by atoms with van der Waals surface area (Å²) in [6, 6.07) is 0. The fraction of sp³-hybridized carbons (Fsp3) is 0.562. The van der Waals surface area contributed by atoms with Gasteiger partial charge in [0.1, 0.15) is 17.5 Å². The van der Waals surface area contributed by atoms with Gasteiger partial charge in [-0.2, -0.15) is 0 Å². The minimum atomic E-state index is -0.272. The van der Waals surface area contributed by atoms with E-state index < -0.39 is 0 Å². The van der Waals surface area contributed by atoms with Gasteiger partial charge in [-0.25, -0.2) is 4.98 Å². The average Bonchev–Trinajstić information content (AvgIpc) is 2.91. The van der Waals surface area contributed by atoms with Crippen molar-refractivity contribution in [1.29, 1.82) is 0 Å². The van der Waals surface area contributed by atoms with Crippen LogP contribution in [0.2, 0.25) is 0 Å². The molecule has 130 valence electrons. The van der Waals surface area contributed by atoms with Crippen LogP contribution in [0.4, 0.5) is 0 Å². The second-order valence-electron chi connectivity index (χ2n) is 6.04. The van der Waals surface area contributed by atoms with Gasteiger partial charge >= 0.3 is 0 Å². The Morgan fingerprint density at radius 3 is 2.71 bits per heavy atom. The number of methoxy groups -OCH3 is 1. The number of aryl methyl sites for hydroxylation is 1. The van der Waals surface area contributed by atoms with Gasteiger partial charge in [0.05, 0.1) is 18.7 Å². The zero-order valence-electron chi connectivity index (χ0n) is 14.2. The van der Waals surface area contributed by atoms with Crippen molar-refractivity contribution in [2.24, 2.45) is 0 Å². The molecule has 8 nitrogen and oxygen atoms in total. The first-order valence-electron chi connectivity index (χ1n) is 7.98. The summed E-state index contributed by atoms with van der Waals surface area (Å²) in [5.41, 5.74) is 0.272. The normalized spacial score (nSPS) is 16.0. The number of hydrogen-bond donors (Lipinski definition) is 0. The third-order valence-electron chi connectivity index (χ3n) is 4.40. The zero-order chi connectivity index (χ0) is 17.3. The molecule has 0 spiro atoms. The Morgan fingerprint density at radius 1 is 1.33 bits per heavy atom. The molecule has 3 rings (SSSR count). The molecule has 8 heteroatoms. The number of rotatable bonds is 4. The van der Waals surface area contributed by atoms with E-state index in [1.807, 2.05) is 7.05 Å². The van der Waals surface area contributed by atoms with E-state index >= 15 is 0 Å². The molecule has 0 atom stereocenters. The van der Waals surface area contributed by atoms with E-state index in [-0.39, 0.29) is 22.6 Å². The second-order valence-corrected chi connectivity index (χ2v) is 6.04. The molecule has 2 aromatic rings. The molecular formula is C16H22N4O4. The van der Waals surface area contributed by atoms with Gasteiger partial charge in [0.2, 0.25) is 5.71 Å². The fourth-order valence-corrected chi connectivity index (χ4v) is 2.91. The van der Waals surface area contributed by atoms with Crippen molar-refractivity contribution in [3.63, 3.8) is 0 Å². The van der Waals surface area contributed by atoms with Crippen molar-refractivity contribution in [3.8, 4) is 0 Å². The van der Waals surface area contributed by atoms with E-state index in [2.05, 4.69) is 9.88 Å². The number of furan rings is 1. The molecule has 1 aliphatic heterocycles. The molecule has 0 aliphatic carbocycles. The lowest BCUT2D eigenvalue weighted by Crippen LogP contribution is -2.47. The van der Waals surface area contributed by atoms with E-state index in [9.17, 15) is 9.59 Å². The lowest BCUT2D eigenvalue weighted by Gasteiger charge is -2.32. The topological polar surface area (TPSA) is 80.8 Å². The maximum absolute atomic E-state index is 12.9. The van der Waals surface area contributed by atoms with Crippen LogP contribution >= 0.6 is 0 Å². The molecule has 0 radical (unpaired) electrons. The standard InChI is InChI=1S/C16H22N4O4/c1-11-12(15(21)19-6-4-18(2)5-7-19)13-14(24-11)17-10-20(16(13)22)8-9-23-3/h10H,4-9H2,1-3H3. The number of fused-ring (bicyclic) bond motifs is 1. The van der Waals surface area contributed by atoms with Gasteiger partial charge in [0.25, 0.3) is 11.5 Å². The van der Waals surface area contributed by atoms with Crippen LogP contribution in [0.25, 0.3) is 11.1 Å². The predicted molar refractivity (Wildman–Crippen MR) is 88.3 cm³/mol. The first-order chi connectivity index (χ1) is 11.5. The number of hydrogen-bond acceptors (Lipinski definition) is 6. The predicted octanol–water partition coefficient (Wildman–Crippen LogP) is 0.332. The van der Waals surface area contributed by atoms with E-state index in [4.69, 9.17) is 9.15 Å². The van der Waals surface area contributed by atoms with Crippen molar-refractivity contribution in [2.75, 3.05) is 46.9 Å². The Labute approximate surface area is 139 Å². The highest BCUT2D eigenvalue weighted by atomic mass is 16.5.